The largest absolute Gasteiger partial charge is 0.352 e. The summed E-state index contributed by atoms with van der Waals surface area (Å²) in [5, 5.41) is 7.53. The van der Waals surface area contributed by atoms with Crippen LogP contribution in [0.25, 0.3) is 0 Å². The molecular weight excluding hydrogens is 367 g/mol. The predicted molar refractivity (Wildman–Crippen MR) is 110 cm³/mol. The van der Waals surface area contributed by atoms with Crippen LogP contribution in [0.4, 0.5) is 4.39 Å². The maximum Gasteiger partial charge on any atom is 0.242 e. The van der Waals surface area contributed by atoms with E-state index in [0.29, 0.717) is 13.1 Å². The van der Waals surface area contributed by atoms with Crippen molar-refractivity contribution in [1.29, 1.82) is 0 Å². The smallest absolute Gasteiger partial charge is 0.242 e. The third kappa shape index (κ3) is 5.09. The first-order valence-corrected chi connectivity index (χ1v) is 9.90. The maximum absolute atomic E-state index is 13.4. The first-order valence-electron chi connectivity index (χ1n) is 9.90. The minimum atomic E-state index is -0.478. The molecule has 0 unspecified atom stereocenters. The molecule has 1 saturated carbocycles. The Morgan fingerprint density at radius 1 is 1.17 bits per heavy atom. The van der Waals surface area contributed by atoms with Gasteiger partial charge >= 0.3 is 0 Å². The Kier molecular flexibility index (Phi) is 5.71. The van der Waals surface area contributed by atoms with Crippen molar-refractivity contribution in [2.24, 2.45) is 0 Å². The quantitative estimate of drug-likeness (QED) is 0.638. The minimum Gasteiger partial charge on any atom is -0.352 e. The number of nitrogens with one attached hydrogen (secondary N) is 1. The van der Waals surface area contributed by atoms with Crippen molar-refractivity contribution in [3.8, 4) is 0 Å². The summed E-state index contributed by atoms with van der Waals surface area (Å²) >= 11 is 0. The molecule has 150 valence electrons. The van der Waals surface area contributed by atoms with Gasteiger partial charge < -0.3 is 5.32 Å². The van der Waals surface area contributed by atoms with Gasteiger partial charge in [0.2, 0.25) is 5.91 Å². The average molecular weight is 392 g/mol. The normalized spacial score (nSPS) is 14.7. The number of nitrogens with zero attached hydrogens (tertiary/aromatic N) is 3. The van der Waals surface area contributed by atoms with Gasteiger partial charge in [-0.25, -0.2) is 4.39 Å². The molecule has 0 spiro atoms. The first kappa shape index (κ1) is 19.3. The van der Waals surface area contributed by atoms with Crippen LogP contribution in [-0.2, 0) is 17.9 Å². The van der Waals surface area contributed by atoms with Crippen LogP contribution in [0.15, 0.2) is 67.0 Å². The molecule has 1 aliphatic rings. The number of benzene rings is 2. The molecule has 0 bridgehead atoms. The topological polar surface area (TPSA) is 50.2 Å². The zero-order valence-electron chi connectivity index (χ0n) is 16.5. The Labute approximate surface area is 170 Å². The molecule has 1 N–H and O–H groups in total. The summed E-state index contributed by atoms with van der Waals surface area (Å²) in [7, 11) is 1.91. The van der Waals surface area contributed by atoms with Crippen molar-refractivity contribution >= 4 is 5.91 Å². The van der Waals surface area contributed by atoms with Crippen molar-refractivity contribution in [2.75, 3.05) is 7.05 Å². The van der Waals surface area contributed by atoms with Crippen LogP contribution in [0, 0.1) is 5.82 Å². The summed E-state index contributed by atoms with van der Waals surface area (Å²) in [6, 6.07) is 16.1. The van der Waals surface area contributed by atoms with E-state index in [4.69, 9.17) is 0 Å². The van der Waals surface area contributed by atoms with Gasteiger partial charge in [-0.1, -0.05) is 42.5 Å². The SMILES string of the molecule is CN(Cc1cnn(Cc2ccccc2)c1)[C@H](C(=O)NC1CC1)c1ccc(F)cc1. The number of rotatable bonds is 8. The monoisotopic (exact) mass is 392 g/mol. The lowest BCUT2D eigenvalue weighted by atomic mass is 10.0. The van der Waals surface area contributed by atoms with Gasteiger partial charge in [-0.2, -0.15) is 5.10 Å². The number of carbonyl (C=O) groups excluding carboxylic acids is 1. The van der Waals surface area contributed by atoms with Crippen LogP contribution >= 0.6 is 0 Å². The van der Waals surface area contributed by atoms with Crippen molar-refractivity contribution in [3.05, 3.63) is 89.5 Å². The average Bonchev–Trinajstić information content (AvgIpc) is 3.42. The molecular formula is C23H25FN4O. The molecule has 5 nitrogen and oxygen atoms in total. The first-order chi connectivity index (χ1) is 14.1. The Balaban J connectivity index is 1.48. The highest BCUT2D eigenvalue weighted by Crippen LogP contribution is 2.25. The van der Waals surface area contributed by atoms with Gasteiger partial charge in [0.1, 0.15) is 11.9 Å². The lowest BCUT2D eigenvalue weighted by Gasteiger charge is -2.27. The van der Waals surface area contributed by atoms with Gasteiger partial charge in [0.05, 0.1) is 12.7 Å². The molecule has 1 fully saturated rings. The highest BCUT2D eigenvalue weighted by atomic mass is 19.1. The maximum atomic E-state index is 13.4. The lowest BCUT2D eigenvalue weighted by molar-refractivity contribution is -0.126. The third-order valence-corrected chi connectivity index (χ3v) is 5.10. The summed E-state index contributed by atoms with van der Waals surface area (Å²) in [5.41, 5.74) is 2.99. The fourth-order valence-corrected chi connectivity index (χ4v) is 3.48. The molecule has 6 heteroatoms. The highest BCUT2D eigenvalue weighted by molar-refractivity contribution is 5.83. The van der Waals surface area contributed by atoms with E-state index < -0.39 is 6.04 Å². The predicted octanol–water partition coefficient (Wildman–Crippen LogP) is 3.52. The Hall–Kier alpha value is -2.99. The Morgan fingerprint density at radius 3 is 2.59 bits per heavy atom. The van der Waals surface area contributed by atoms with Crippen molar-refractivity contribution in [1.82, 2.24) is 20.0 Å². The van der Waals surface area contributed by atoms with Crippen molar-refractivity contribution in [2.45, 2.75) is 38.0 Å². The van der Waals surface area contributed by atoms with Crippen LogP contribution in [0.1, 0.15) is 35.6 Å². The molecule has 0 saturated heterocycles. The van der Waals surface area contributed by atoms with E-state index in [1.54, 1.807) is 12.1 Å². The second-order valence-corrected chi connectivity index (χ2v) is 7.68. The van der Waals surface area contributed by atoms with Crippen molar-refractivity contribution in [3.63, 3.8) is 0 Å². The highest BCUT2D eigenvalue weighted by Gasteiger charge is 2.31. The fourth-order valence-electron chi connectivity index (χ4n) is 3.48. The van der Waals surface area contributed by atoms with E-state index in [1.807, 2.05) is 47.2 Å². The van der Waals surface area contributed by atoms with Gasteiger partial charge in [0, 0.05) is 24.3 Å². The van der Waals surface area contributed by atoms with E-state index in [0.717, 1.165) is 24.0 Å². The summed E-state index contributed by atoms with van der Waals surface area (Å²) in [4.78, 5) is 14.9. The van der Waals surface area contributed by atoms with E-state index in [9.17, 15) is 9.18 Å². The summed E-state index contributed by atoms with van der Waals surface area (Å²) in [6.45, 7) is 1.27. The second-order valence-electron chi connectivity index (χ2n) is 7.68. The molecule has 1 amide bonds. The molecule has 1 heterocycles. The summed E-state index contributed by atoms with van der Waals surface area (Å²) in [5.74, 6) is -0.349. The summed E-state index contributed by atoms with van der Waals surface area (Å²) < 4.78 is 15.3. The number of hydrogen-bond acceptors (Lipinski definition) is 3. The van der Waals surface area contributed by atoms with Crippen LogP contribution in [0.5, 0.6) is 0 Å². The molecule has 0 aliphatic heterocycles. The number of hydrogen-bond donors (Lipinski definition) is 1. The molecule has 3 aromatic rings. The van der Waals surface area contributed by atoms with Gasteiger partial charge in [0.25, 0.3) is 0 Å². The van der Waals surface area contributed by atoms with E-state index >= 15 is 0 Å². The fraction of sp³-hybridized carbons (Fsp3) is 0.304. The lowest BCUT2D eigenvalue weighted by Crippen LogP contribution is -2.39. The number of halogens is 1. The van der Waals surface area contributed by atoms with Gasteiger partial charge in [-0.15, -0.1) is 0 Å². The zero-order valence-corrected chi connectivity index (χ0v) is 16.5. The molecule has 4 rings (SSSR count). The van der Waals surface area contributed by atoms with Crippen LogP contribution in [0.3, 0.4) is 0 Å². The molecule has 29 heavy (non-hydrogen) atoms. The number of aromatic nitrogens is 2. The standard InChI is InChI=1S/C23H25FN4O/c1-27(14-18-13-25-28(16-18)15-17-5-3-2-4-6-17)22(23(29)26-21-11-12-21)19-7-9-20(24)10-8-19/h2-10,13,16,21-22H,11-12,14-15H2,1H3,(H,26,29)/t22-/m0/s1. The van der Waals surface area contributed by atoms with Crippen LogP contribution in [-0.4, -0.2) is 33.7 Å². The summed E-state index contributed by atoms with van der Waals surface area (Å²) in [6.07, 6.45) is 5.89. The van der Waals surface area contributed by atoms with Crippen LogP contribution in [0.2, 0.25) is 0 Å². The van der Waals surface area contributed by atoms with Gasteiger partial charge in [-0.3, -0.25) is 14.4 Å². The van der Waals surface area contributed by atoms with Crippen molar-refractivity contribution < 1.29 is 9.18 Å². The van der Waals surface area contributed by atoms with Gasteiger partial charge in [0.15, 0.2) is 0 Å². The second kappa shape index (κ2) is 8.57. The molecule has 1 aliphatic carbocycles. The van der Waals surface area contributed by atoms with E-state index in [2.05, 4.69) is 22.5 Å². The van der Waals surface area contributed by atoms with Crippen LogP contribution < -0.4 is 5.32 Å². The molecule has 1 atom stereocenters. The van der Waals surface area contributed by atoms with Gasteiger partial charge in [-0.05, 0) is 43.1 Å². The molecule has 1 aromatic heterocycles. The Bertz CT molecular complexity index is 951. The minimum absolute atomic E-state index is 0.0433. The number of amides is 1. The molecule has 2 aromatic carbocycles. The molecule has 0 radical (unpaired) electrons. The third-order valence-electron chi connectivity index (χ3n) is 5.10. The zero-order chi connectivity index (χ0) is 20.2. The number of likely N-dealkylation sites (N-methyl/N-ethyl adjacent to an activating group) is 1. The van der Waals surface area contributed by atoms with E-state index in [-0.39, 0.29) is 17.8 Å². The Morgan fingerprint density at radius 2 is 1.90 bits per heavy atom. The van der Waals surface area contributed by atoms with E-state index in [1.165, 1.54) is 17.7 Å². The number of carbonyl (C=O) groups is 1.